The maximum atomic E-state index is 11.9. The van der Waals surface area contributed by atoms with Crippen molar-refractivity contribution in [2.45, 2.75) is 13.3 Å². The Balaban J connectivity index is 2.13. The van der Waals surface area contributed by atoms with Gasteiger partial charge in [-0.15, -0.1) is 0 Å². The third-order valence-electron chi connectivity index (χ3n) is 4.00. The molecule has 1 aromatic heterocycles. The molecule has 2 N–H and O–H groups in total. The molecule has 0 bridgehead atoms. The highest BCUT2D eigenvalue weighted by atomic mass is 16.1. The number of anilines is 3. The maximum Gasteiger partial charge on any atom is 0.224 e. The van der Waals surface area contributed by atoms with Crippen LogP contribution in [0.4, 0.5) is 17.2 Å². The monoisotopic (exact) mass is 344 g/mol. The van der Waals surface area contributed by atoms with E-state index >= 15 is 0 Å². The van der Waals surface area contributed by atoms with Crippen molar-refractivity contribution in [1.29, 1.82) is 0 Å². The SMILES string of the molecule is C=CC(=C)c1cc2ncnc(Nc3ccccc3)c2cc1NC(=O)CC. The molecule has 5 heteroatoms. The minimum Gasteiger partial charge on any atom is -0.340 e. The minimum atomic E-state index is -0.0723. The van der Waals surface area contributed by atoms with Gasteiger partial charge in [0.15, 0.2) is 0 Å². The summed E-state index contributed by atoms with van der Waals surface area (Å²) in [4.78, 5) is 20.7. The van der Waals surface area contributed by atoms with E-state index in [-0.39, 0.29) is 5.91 Å². The van der Waals surface area contributed by atoms with E-state index in [1.54, 1.807) is 6.08 Å². The van der Waals surface area contributed by atoms with Gasteiger partial charge in [0.1, 0.15) is 12.1 Å². The molecule has 0 spiro atoms. The van der Waals surface area contributed by atoms with Gasteiger partial charge in [-0.2, -0.15) is 0 Å². The molecule has 0 radical (unpaired) electrons. The normalized spacial score (nSPS) is 10.3. The van der Waals surface area contributed by atoms with Crippen LogP contribution in [-0.2, 0) is 4.79 Å². The Hall–Kier alpha value is -3.47. The standard InChI is InChI=1S/C21H20N4O/c1-4-14(3)16-11-18-17(12-19(16)25-20(26)5-2)21(23-13-22-18)24-15-9-7-6-8-10-15/h4,6-13H,1,3,5H2,2H3,(H,25,26)(H,22,23,24). The van der Waals surface area contributed by atoms with Gasteiger partial charge in [-0.25, -0.2) is 9.97 Å². The molecule has 0 saturated heterocycles. The van der Waals surface area contributed by atoms with Gasteiger partial charge in [0.2, 0.25) is 5.91 Å². The van der Waals surface area contributed by atoms with Crippen molar-refractivity contribution in [3.05, 3.63) is 73.6 Å². The van der Waals surface area contributed by atoms with Gasteiger partial charge in [-0.3, -0.25) is 4.79 Å². The number of fused-ring (bicyclic) bond motifs is 1. The minimum absolute atomic E-state index is 0.0723. The number of aromatic nitrogens is 2. The molecule has 5 nitrogen and oxygen atoms in total. The van der Waals surface area contributed by atoms with Gasteiger partial charge in [0, 0.05) is 28.7 Å². The molecule has 0 unspecified atom stereocenters. The number of para-hydroxylation sites is 1. The summed E-state index contributed by atoms with van der Waals surface area (Å²) < 4.78 is 0. The first-order valence-electron chi connectivity index (χ1n) is 8.34. The number of amides is 1. The van der Waals surface area contributed by atoms with E-state index in [4.69, 9.17) is 0 Å². The van der Waals surface area contributed by atoms with E-state index < -0.39 is 0 Å². The summed E-state index contributed by atoms with van der Waals surface area (Å²) in [7, 11) is 0. The van der Waals surface area contributed by atoms with Crippen molar-refractivity contribution in [3.63, 3.8) is 0 Å². The molecule has 0 atom stereocenters. The molecule has 0 saturated carbocycles. The summed E-state index contributed by atoms with van der Waals surface area (Å²) in [6.07, 6.45) is 3.56. The Morgan fingerprint density at radius 3 is 2.65 bits per heavy atom. The molecule has 2 aromatic carbocycles. The summed E-state index contributed by atoms with van der Waals surface area (Å²) in [6, 6.07) is 13.5. The van der Waals surface area contributed by atoms with E-state index in [2.05, 4.69) is 33.8 Å². The highest BCUT2D eigenvalue weighted by molar-refractivity contribution is 6.02. The van der Waals surface area contributed by atoms with Gasteiger partial charge in [0.25, 0.3) is 0 Å². The van der Waals surface area contributed by atoms with Gasteiger partial charge in [0.05, 0.1) is 5.52 Å². The fourth-order valence-electron chi connectivity index (χ4n) is 2.58. The fourth-order valence-corrected chi connectivity index (χ4v) is 2.58. The Morgan fingerprint density at radius 2 is 1.96 bits per heavy atom. The van der Waals surface area contributed by atoms with Gasteiger partial charge < -0.3 is 10.6 Å². The summed E-state index contributed by atoms with van der Waals surface area (Å²) in [5.74, 6) is 0.598. The lowest BCUT2D eigenvalue weighted by Gasteiger charge is -2.14. The van der Waals surface area contributed by atoms with Crippen LogP contribution in [0.1, 0.15) is 18.9 Å². The van der Waals surface area contributed by atoms with E-state index in [9.17, 15) is 4.79 Å². The van der Waals surface area contributed by atoms with E-state index in [0.717, 1.165) is 27.7 Å². The van der Waals surface area contributed by atoms with Crippen LogP contribution in [0.3, 0.4) is 0 Å². The van der Waals surface area contributed by atoms with Crippen LogP contribution in [0.5, 0.6) is 0 Å². The predicted octanol–water partition coefficient (Wildman–Crippen LogP) is 4.92. The molecule has 0 aliphatic heterocycles. The first-order valence-corrected chi connectivity index (χ1v) is 8.34. The zero-order chi connectivity index (χ0) is 18.5. The smallest absolute Gasteiger partial charge is 0.224 e. The molecule has 0 aliphatic rings. The largest absolute Gasteiger partial charge is 0.340 e. The highest BCUT2D eigenvalue weighted by Crippen LogP contribution is 2.32. The van der Waals surface area contributed by atoms with Crippen molar-refractivity contribution in [3.8, 4) is 0 Å². The second-order valence-electron chi connectivity index (χ2n) is 5.76. The lowest BCUT2D eigenvalue weighted by molar-refractivity contribution is -0.115. The summed E-state index contributed by atoms with van der Waals surface area (Å²) in [6.45, 7) is 9.59. The Kier molecular flexibility index (Phi) is 5.08. The Morgan fingerprint density at radius 1 is 1.19 bits per heavy atom. The quantitative estimate of drug-likeness (QED) is 0.623. The average Bonchev–Trinajstić information content (AvgIpc) is 2.68. The molecular formula is C21H20N4O. The highest BCUT2D eigenvalue weighted by Gasteiger charge is 2.13. The van der Waals surface area contributed by atoms with Crippen LogP contribution < -0.4 is 10.6 Å². The van der Waals surface area contributed by atoms with Gasteiger partial charge in [-0.1, -0.05) is 44.4 Å². The zero-order valence-electron chi connectivity index (χ0n) is 14.6. The zero-order valence-corrected chi connectivity index (χ0v) is 14.6. The summed E-state index contributed by atoms with van der Waals surface area (Å²) in [5.41, 5.74) is 3.85. The molecule has 1 heterocycles. The fraction of sp³-hybridized carbons (Fsp3) is 0.0952. The average molecular weight is 344 g/mol. The van der Waals surface area contributed by atoms with Crippen molar-refractivity contribution in [1.82, 2.24) is 9.97 Å². The second-order valence-corrected chi connectivity index (χ2v) is 5.76. The number of nitrogens with one attached hydrogen (secondary N) is 2. The number of nitrogens with zero attached hydrogens (tertiary/aromatic N) is 2. The van der Waals surface area contributed by atoms with Crippen molar-refractivity contribution in [2.24, 2.45) is 0 Å². The molecule has 0 aliphatic carbocycles. The van der Waals surface area contributed by atoms with Crippen LogP contribution >= 0.6 is 0 Å². The topological polar surface area (TPSA) is 66.9 Å². The van der Waals surface area contributed by atoms with E-state index in [1.807, 2.05) is 49.4 Å². The number of carbonyl (C=O) groups is 1. The Labute approximate surface area is 152 Å². The first-order chi connectivity index (χ1) is 12.6. The predicted molar refractivity (Wildman–Crippen MR) is 107 cm³/mol. The molecule has 3 aromatic rings. The molecular weight excluding hydrogens is 324 g/mol. The van der Waals surface area contributed by atoms with Crippen LogP contribution in [0, 0.1) is 0 Å². The Bertz CT molecular complexity index is 980. The van der Waals surface area contributed by atoms with E-state index in [0.29, 0.717) is 17.9 Å². The summed E-state index contributed by atoms with van der Waals surface area (Å²) >= 11 is 0. The van der Waals surface area contributed by atoms with Crippen LogP contribution in [0.25, 0.3) is 16.5 Å². The van der Waals surface area contributed by atoms with Crippen LogP contribution in [-0.4, -0.2) is 15.9 Å². The first kappa shape index (κ1) is 17.4. The molecule has 3 rings (SSSR count). The van der Waals surface area contributed by atoms with Crippen molar-refractivity contribution in [2.75, 3.05) is 10.6 Å². The summed E-state index contributed by atoms with van der Waals surface area (Å²) in [5, 5.41) is 7.03. The number of rotatable bonds is 6. The maximum absolute atomic E-state index is 11.9. The second kappa shape index (κ2) is 7.61. The number of hydrogen-bond donors (Lipinski definition) is 2. The molecule has 0 fully saturated rings. The van der Waals surface area contributed by atoms with Crippen LogP contribution in [0.2, 0.25) is 0 Å². The lowest BCUT2D eigenvalue weighted by atomic mass is 10.0. The number of benzene rings is 2. The van der Waals surface area contributed by atoms with Gasteiger partial charge >= 0.3 is 0 Å². The van der Waals surface area contributed by atoms with E-state index in [1.165, 1.54) is 6.33 Å². The lowest BCUT2D eigenvalue weighted by Crippen LogP contribution is -2.11. The molecule has 1 amide bonds. The third kappa shape index (κ3) is 3.62. The molecule has 130 valence electrons. The third-order valence-corrected chi connectivity index (χ3v) is 4.00. The van der Waals surface area contributed by atoms with Crippen LogP contribution in [0.15, 0.2) is 68.0 Å². The molecule has 26 heavy (non-hydrogen) atoms. The number of allylic oxidation sites excluding steroid dienone is 2. The van der Waals surface area contributed by atoms with Gasteiger partial charge in [-0.05, 0) is 29.8 Å². The van der Waals surface area contributed by atoms with Crippen molar-refractivity contribution >= 4 is 39.6 Å². The van der Waals surface area contributed by atoms with Crippen molar-refractivity contribution < 1.29 is 4.79 Å². The number of carbonyl (C=O) groups excluding carboxylic acids is 1. The number of hydrogen-bond acceptors (Lipinski definition) is 4.